The second-order valence-corrected chi connectivity index (χ2v) is 8.67. The van der Waals surface area contributed by atoms with Crippen molar-refractivity contribution in [2.75, 3.05) is 4.90 Å². The number of ether oxygens (including phenoxy) is 1. The summed E-state index contributed by atoms with van der Waals surface area (Å²) in [4.78, 5) is 29.3. The van der Waals surface area contributed by atoms with E-state index in [9.17, 15) is 27.9 Å². The van der Waals surface area contributed by atoms with Crippen molar-refractivity contribution in [3.63, 3.8) is 0 Å². The quantitative estimate of drug-likeness (QED) is 0.350. The lowest BCUT2D eigenvalue weighted by atomic mass is 10.00. The fourth-order valence-corrected chi connectivity index (χ4v) is 4.61. The second-order valence-electron chi connectivity index (χ2n) is 8.67. The smallest absolute Gasteiger partial charge is 0.471 e. The number of nitrogens with zero attached hydrogens (tertiary/aromatic N) is 2. The van der Waals surface area contributed by atoms with Crippen LogP contribution < -0.4 is 15.1 Å². The molecule has 0 saturated heterocycles. The highest BCUT2D eigenvalue weighted by molar-refractivity contribution is 5.99. The van der Waals surface area contributed by atoms with Gasteiger partial charge in [0.2, 0.25) is 5.91 Å². The van der Waals surface area contributed by atoms with Gasteiger partial charge >= 0.3 is 12.1 Å². The van der Waals surface area contributed by atoms with E-state index in [-0.39, 0.29) is 25.1 Å². The number of alkyl halides is 3. The van der Waals surface area contributed by atoms with Crippen molar-refractivity contribution in [3.05, 3.63) is 65.9 Å². The van der Waals surface area contributed by atoms with Gasteiger partial charge in [0.05, 0.1) is 23.6 Å². The Labute approximate surface area is 204 Å². The molecule has 1 aromatic heterocycles. The lowest BCUT2D eigenvalue weighted by molar-refractivity contribution is -0.171. The molecule has 1 aliphatic carbocycles. The van der Waals surface area contributed by atoms with Crippen molar-refractivity contribution in [3.8, 4) is 5.75 Å². The zero-order valence-corrected chi connectivity index (χ0v) is 19.2. The third-order valence-electron chi connectivity index (χ3n) is 6.18. The van der Waals surface area contributed by atoms with Gasteiger partial charge in [0.15, 0.2) is 0 Å². The Hall–Kier alpha value is -3.70. The number of aliphatic hydroxyl groups is 1. The first kappa shape index (κ1) is 25.4. The summed E-state index contributed by atoms with van der Waals surface area (Å²) >= 11 is 0. The number of hydrogen-bond donors (Lipinski definition) is 3. The van der Waals surface area contributed by atoms with Crippen LogP contribution in [0.1, 0.15) is 24.1 Å². The number of para-hydroxylation sites is 1. The Morgan fingerprint density at radius 2 is 1.83 bits per heavy atom. The highest BCUT2D eigenvalue weighted by Gasteiger charge is 2.50. The van der Waals surface area contributed by atoms with Gasteiger partial charge in [-0.1, -0.05) is 18.2 Å². The van der Waals surface area contributed by atoms with Crippen molar-refractivity contribution in [2.24, 2.45) is 5.92 Å². The molecule has 0 spiro atoms. The number of rotatable bonds is 6. The van der Waals surface area contributed by atoms with E-state index in [1.165, 1.54) is 29.7 Å². The number of hydroxylamine groups is 1. The van der Waals surface area contributed by atoms with Crippen LogP contribution in [-0.2, 0) is 16.2 Å². The van der Waals surface area contributed by atoms with Gasteiger partial charge in [-0.2, -0.15) is 13.2 Å². The second kappa shape index (κ2) is 10.1. The summed E-state index contributed by atoms with van der Waals surface area (Å²) < 4.78 is 46.2. The van der Waals surface area contributed by atoms with Gasteiger partial charge in [-0.15, -0.1) is 0 Å². The summed E-state index contributed by atoms with van der Waals surface area (Å²) in [5, 5.41) is 19.9. The summed E-state index contributed by atoms with van der Waals surface area (Å²) in [6, 6.07) is 13.6. The molecule has 2 amide bonds. The Morgan fingerprint density at radius 3 is 2.50 bits per heavy atom. The minimum absolute atomic E-state index is 0.121. The largest absolute Gasteiger partial charge is 0.489 e. The molecule has 2 aromatic carbocycles. The molecular formula is C25H24F3N3O5. The number of fused-ring (bicyclic) bond motifs is 1. The summed E-state index contributed by atoms with van der Waals surface area (Å²) in [5.41, 5.74) is 3.79. The molecule has 8 nitrogen and oxygen atoms in total. The van der Waals surface area contributed by atoms with E-state index in [1.807, 2.05) is 37.3 Å². The normalized spacial score (nSPS) is 19.8. The van der Waals surface area contributed by atoms with Gasteiger partial charge < -0.3 is 14.7 Å². The standard InChI is InChI=1S/C25H24F3N3O5/c1-14-10-15(19-4-2-3-5-21(19)29-14)13-36-18-8-6-16(7-9-18)31(24(34)25(26,27)28)22-12-17(32)11-20(22)23(33)30-35/h2-10,17,20,22,32,35H,11-13H2,1H3,(H,30,33)/t17-,20-,22-/m1/s1. The average molecular weight is 503 g/mol. The predicted molar refractivity (Wildman–Crippen MR) is 123 cm³/mol. The van der Waals surface area contributed by atoms with Gasteiger partial charge in [0.25, 0.3) is 0 Å². The third kappa shape index (κ3) is 5.26. The van der Waals surface area contributed by atoms with E-state index in [0.717, 1.165) is 22.2 Å². The van der Waals surface area contributed by atoms with E-state index in [2.05, 4.69) is 4.98 Å². The van der Waals surface area contributed by atoms with Crippen LogP contribution in [0.3, 0.4) is 0 Å². The molecule has 1 saturated carbocycles. The summed E-state index contributed by atoms with van der Waals surface area (Å²) in [6.45, 7) is 2.04. The minimum Gasteiger partial charge on any atom is -0.489 e. The Bertz CT molecular complexity index is 1270. The highest BCUT2D eigenvalue weighted by atomic mass is 19.4. The van der Waals surface area contributed by atoms with Gasteiger partial charge in [-0.05, 0) is 56.2 Å². The molecule has 1 fully saturated rings. The topological polar surface area (TPSA) is 112 Å². The van der Waals surface area contributed by atoms with E-state index in [1.54, 1.807) is 0 Å². The number of anilines is 1. The maximum atomic E-state index is 13.5. The molecule has 3 aromatic rings. The van der Waals surface area contributed by atoms with Crippen LogP contribution >= 0.6 is 0 Å². The van der Waals surface area contributed by atoms with Crippen LogP contribution in [0.25, 0.3) is 10.9 Å². The van der Waals surface area contributed by atoms with Crippen molar-refractivity contribution < 1.29 is 37.8 Å². The molecule has 4 rings (SSSR count). The number of halogens is 3. The van der Waals surface area contributed by atoms with E-state index < -0.39 is 36.1 Å². The lowest BCUT2D eigenvalue weighted by Crippen LogP contribution is -2.51. The average Bonchev–Trinajstić information content (AvgIpc) is 3.23. The number of amides is 2. The number of aliphatic hydroxyl groups excluding tert-OH is 1. The Balaban J connectivity index is 1.59. The molecule has 3 N–H and O–H groups in total. The zero-order chi connectivity index (χ0) is 26.0. The first-order valence-electron chi connectivity index (χ1n) is 11.2. The van der Waals surface area contributed by atoms with Crippen molar-refractivity contribution in [1.82, 2.24) is 10.5 Å². The molecule has 36 heavy (non-hydrogen) atoms. The van der Waals surface area contributed by atoms with Crippen LogP contribution in [0, 0.1) is 12.8 Å². The molecule has 190 valence electrons. The van der Waals surface area contributed by atoms with Crippen molar-refractivity contribution >= 4 is 28.4 Å². The first-order chi connectivity index (χ1) is 17.1. The van der Waals surface area contributed by atoms with Crippen molar-refractivity contribution in [2.45, 2.75) is 44.7 Å². The predicted octanol–water partition coefficient (Wildman–Crippen LogP) is 3.66. The number of carbonyl (C=O) groups excluding carboxylic acids is 2. The zero-order valence-electron chi connectivity index (χ0n) is 19.2. The number of hydrogen-bond acceptors (Lipinski definition) is 6. The van der Waals surface area contributed by atoms with E-state index in [0.29, 0.717) is 10.6 Å². The SMILES string of the molecule is Cc1cc(COc2ccc(N(C(=O)C(F)(F)F)[C@@H]3C[C@H](O)C[C@H]3C(=O)NO)cc2)c2ccccc2n1. The lowest BCUT2D eigenvalue weighted by Gasteiger charge is -2.32. The molecule has 0 radical (unpaired) electrons. The summed E-state index contributed by atoms with van der Waals surface area (Å²) in [6.07, 6.45) is -6.78. The minimum atomic E-state index is -5.22. The maximum Gasteiger partial charge on any atom is 0.471 e. The maximum absolute atomic E-state index is 13.5. The van der Waals surface area contributed by atoms with Gasteiger partial charge in [-0.25, -0.2) is 5.48 Å². The molecule has 1 heterocycles. The molecular weight excluding hydrogens is 479 g/mol. The first-order valence-corrected chi connectivity index (χ1v) is 11.2. The summed E-state index contributed by atoms with van der Waals surface area (Å²) in [5.74, 6) is -4.02. The molecule has 0 unspecified atom stereocenters. The molecule has 0 aliphatic heterocycles. The van der Waals surface area contributed by atoms with Crippen LogP contribution in [0.5, 0.6) is 5.75 Å². The number of aromatic nitrogens is 1. The molecule has 3 atom stereocenters. The summed E-state index contributed by atoms with van der Waals surface area (Å²) in [7, 11) is 0. The van der Waals surface area contributed by atoms with Gasteiger partial charge in [-0.3, -0.25) is 19.8 Å². The van der Waals surface area contributed by atoms with Crippen LogP contribution in [0.4, 0.5) is 18.9 Å². The van der Waals surface area contributed by atoms with Crippen LogP contribution in [0.15, 0.2) is 54.6 Å². The van der Waals surface area contributed by atoms with Crippen molar-refractivity contribution in [1.29, 1.82) is 0 Å². The van der Waals surface area contributed by atoms with E-state index >= 15 is 0 Å². The van der Waals surface area contributed by atoms with E-state index in [4.69, 9.17) is 9.94 Å². The molecule has 1 aliphatic rings. The highest BCUT2D eigenvalue weighted by Crippen LogP contribution is 2.37. The number of pyridine rings is 1. The number of carbonyl (C=O) groups is 2. The third-order valence-corrected chi connectivity index (χ3v) is 6.18. The fraction of sp³-hybridized carbons (Fsp3) is 0.320. The van der Waals surface area contributed by atoms with Gasteiger partial charge in [0.1, 0.15) is 12.4 Å². The molecule has 0 bridgehead atoms. The monoisotopic (exact) mass is 503 g/mol. The van der Waals surface area contributed by atoms with Gasteiger partial charge in [0, 0.05) is 22.3 Å². The molecule has 11 heteroatoms. The Kier molecular flexibility index (Phi) is 7.14. The number of benzene rings is 2. The Morgan fingerprint density at radius 1 is 1.14 bits per heavy atom. The van der Waals surface area contributed by atoms with Crippen LogP contribution in [-0.4, -0.2) is 45.4 Å². The fourth-order valence-electron chi connectivity index (χ4n) is 4.61. The van der Waals surface area contributed by atoms with Crippen LogP contribution in [0.2, 0.25) is 0 Å². The number of nitrogens with one attached hydrogen (secondary N) is 1. The number of aryl methyl sites for hydroxylation is 1.